The van der Waals surface area contributed by atoms with Gasteiger partial charge in [0.15, 0.2) is 6.61 Å². The molecule has 1 heterocycles. The van der Waals surface area contributed by atoms with Crippen LogP contribution in [0.1, 0.15) is 36.8 Å². The molecule has 11 nitrogen and oxygen atoms in total. The lowest BCUT2D eigenvalue weighted by Crippen LogP contribution is -2.34. The van der Waals surface area contributed by atoms with Crippen molar-refractivity contribution in [3.05, 3.63) is 47.5 Å². The Hall–Kier alpha value is -4.29. The number of nitrogens with zero attached hydrogens (tertiary/aromatic N) is 2. The summed E-state index contributed by atoms with van der Waals surface area (Å²) >= 11 is 0. The number of hydrogen-bond acceptors (Lipinski definition) is 9. The SMILES string of the molecule is Cc1cc(OCC(=O)N(C)CCCC(=O)ON2C(=O)CCC2=O)c2ccc3c(S(=O)(=O)[O-])cc(C)c4ccc1c2c43. The number of hydroxylamine groups is 2. The zero-order valence-electron chi connectivity index (χ0n) is 22.7. The molecule has 4 aromatic carbocycles. The van der Waals surface area contributed by atoms with Crippen molar-refractivity contribution < 1.29 is 41.7 Å². The summed E-state index contributed by atoms with van der Waals surface area (Å²) in [6.45, 7) is 3.56. The second-order valence-electron chi connectivity index (χ2n) is 10.2. The third-order valence-corrected chi connectivity index (χ3v) is 8.23. The fraction of sp³-hybridized carbons (Fsp3) is 0.310. The van der Waals surface area contributed by atoms with Gasteiger partial charge in [-0.25, -0.2) is 13.2 Å². The minimum Gasteiger partial charge on any atom is -0.744 e. The van der Waals surface area contributed by atoms with E-state index < -0.39 is 27.9 Å². The van der Waals surface area contributed by atoms with Crippen LogP contribution in [0.4, 0.5) is 0 Å². The van der Waals surface area contributed by atoms with Crippen molar-refractivity contribution in [3.63, 3.8) is 0 Å². The van der Waals surface area contributed by atoms with Crippen LogP contribution in [0.3, 0.4) is 0 Å². The third kappa shape index (κ3) is 5.27. The van der Waals surface area contributed by atoms with Crippen LogP contribution in [0.15, 0.2) is 41.3 Å². The molecule has 0 aromatic heterocycles. The number of rotatable bonds is 9. The first-order valence-electron chi connectivity index (χ1n) is 13.0. The molecule has 0 N–H and O–H groups in total. The smallest absolute Gasteiger partial charge is 0.333 e. The molecule has 0 saturated carbocycles. The van der Waals surface area contributed by atoms with Gasteiger partial charge in [-0.2, -0.15) is 0 Å². The van der Waals surface area contributed by atoms with Crippen molar-refractivity contribution in [1.29, 1.82) is 0 Å². The van der Waals surface area contributed by atoms with Crippen LogP contribution in [-0.2, 0) is 34.1 Å². The molecule has 5 rings (SSSR count). The highest BCUT2D eigenvalue weighted by molar-refractivity contribution is 7.86. The van der Waals surface area contributed by atoms with E-state index in [1.807, 2.05) is 25.1 Å². The van der Waals surface area contributed by atoms with Crippen molar-refractivity contribution in [1.82, 2.24) is 9.96 Å². The first-order valence-corrected chi connectivity index (χ1v) is 14.4. The summed E-state index contributed by atoms with van der Waals surface area (Å²) < 4.78 is 42.1. The quantitative estimate of drug-likeness (QED) is 0.165. The Morgan fingerprint density at radius 1 is 0.927 bits per heavy atom. The van der Waals surface area contributed by atoms with Gasteiger partial charge in [-0.15, -0.1) is 5.06 Å². The predicted octanol–water partition coefficient (Wildman–Crippen LogP) is 3.33. The van der Waals surface area contributed by atoms with E-state index in [0.29, 0.717) is 32.5 Å². The Labute approximate surface area is 235 Å². The molecule has 0 aliphatic carbocycles. The highest BCUT2D eigenvalue weighted by Crippen LogP contribution is 2.43. The Balaban J connectivity index is 1.31. The van der Waals surface area contributed by atoms with Gasteiger partial charge in [-0.3, -0.25) is 14.4 Å². The molecular formula is C29H27N2O9S-. The minimum atomic E-state index is -4.72. The second-order valence-corrected chi connectivity index (χ2v) is 11.5. The van der Waals surface area contributed by atoms with Crippen molar-refractivity contribution in [2.75, 3.05) is 20.2 Å². The summed E-state index contributed by atoms with van der Waals surface area (Å²) in [6, 6.07) is 10.3. The number of imide groups is 1. The molecule has 0 radical (unpaired) electrons. The van der Waals surface area contributed by atoms with E-state index in [-0.39, 0.29) is 49.6 Å². The van der Waals surface area contributed by atoms with Gasteiger partial charge < -0.3 is 19.0 Å². The van der Waals surface area contributed by atoms with Gasteiger partial charge in [0, 0.05) is 49.0 Å². The maximum atomic E-state index is 12.8. The number of aryl methyl sites for hydroxylation is 2. The van der Waals surface area contributed by atoms with Gasteiger partial charge in [0.1, 0.15) is 15.9 Å². The topological polar surface area (TPSA) is 150 Å². The maximum absolute atomic E-state index is 12.8. The first kappa shape index (κ1) is 28.2. The standard InChI is InChI=1S/C29H28N2O9S/c1-16-13-22(39-15-26(34)30(3)12-4-5-27(35)40-31-24(32)10-11-25(31)33)20-8-9-21-23(41(36,37)38)14-17(2)19-7-6-18(16)28(20)29(19)21/h6-9,13-14H,4-5,10-12,15H2,1-3H3,(H,36,37,38)/p-1. The fourth-order valence-corrected chi connectivity index (χ4v) is 5.99. The van der Waals surface area contributed by atoms with E-state index in [4.69, 9.17) is 9.57 Å². The number of carbonyl (C=O) groups is 4. The van der Waals surface area contributed by atoms with Crippen LogP contribution in [-0.4, -0.2) is 66.8 Å². The fourth-order valence-electron chi connectivity index (χ4n) is 5.23. The number of likely N-dealkylation sites (N-methyl/N-ethyl adjacent to an activating group) is 1. The third-order valence-electron chi connectivity index (χ3n) is 7.36. The molecule has 214 valence electrons. The van der Waals surface area contributed by atoms with Gasteiger partial charge in [-0.05, 0) is 65.8 Å². The second kappa shape index (κ2) is 10.6. The molecule has 4 aromatic rings. The lowest BCUT2D eigenvalue weighted by atomic mass is 9.90. The average Bonchev–Trinajstić information content (AvgIpc) is 3.23. The van der Waals surface area contributed by atoms with E-state index in [1.54, 1.807) is 26.1 Å². The summed E-state index contributed by atoms with van der Waals surface area (Å²) in [4.78, 5) is 53.9. The molecule has 0 bridgehead atoms. The van der Waals surface area contributed by atoms with Crippen LogP contribution in [0.25, 0.3) is 32.3 Å². The number of ether oxygens (including phenoxy) is 1. The average molecular weight is 580 g/mol. The molecule has 0 unspecified atom stereocenters. The Morgan fingerprint density at radius 3 is 2.12 bits per heavy atom. The largest absolute Gasteiger partial charge is 0.744 e. The first-order chi connectivity index (χ1) is 19.4. The summed E-state index contributed by atoms with van der Waals surface area (Å²) in [6.07, 6.45) is 0.180. The monoisotopic (exact) mass is 579 g/mol. The van der Waals surface area contributed by atoms with E-state index in [0.717, 1.165) is 21.7 Å². The number of hydrogen-bond donors (Lipinski definition) is 0. The highest BCUT2D eigenvalue weighted by atomic mass is 32.2. The van der Waals surface area contributed by atoms with Gasteiger partial charge in [0.25, 0.3) is 17.7 Å². The molecule has 1 aliphatic heterocycles. The summed E-state index contributed by atoms with van der Waals surface area (Å²) in [5, 5.41) is 4.59. The molecule has 1 saturated heterocycles. The number of benzene rings is 4. The minimum absolute atomic E-state index is 0.0116. The summed E-state index contributed by atoms with van der Waals surface area (Å²) in [5.74, 6) is -1.76. The Bertz CT molecular complexity index is 1830. The van der Waals surface area contributed by atoms with E-state index in [1.165, 1.54) is 11.0 Å². The summed E-state index contributed by atoms with van der Waals surface area (Å²) in [7, 11) is -3.16. The van der Waals surface area contributed by atoms with Crippen LogP contribution in [0.2, 0.25) is 0 Å². The van der Waals surface area contributed by atoms with E-state index >= 15 is 0 Å². The van der Waals surface area contributed by atoms with E-state index in [2.05, 4.69) is 0 Å². The maximum Gasteiger partial charge on any atom is 0.333 e. The molecule has 0 spiro atoms. The molecule has 12 heteroatoms. The summed E-state index contributed by atoms with van der Waals surface area (Å²) in [5.41, 5.74) is 1.51. The zero-order valence-corrected chi connectivity index (χ0v) is 23.5. The Morgan fingerprint density at radius 2 is 1.49 bits per heavy atom. The van der Waals surface area contributed by atoms with Gasteiger partial charge in [0.05, 0.1) is 4.90 Å². The molecule has 0 atom stereocenters. The van der Waals surface area contributed by atoms with Gasteiger partial charge in [-0.1, -0.05) is 18.2 Å². The predicted molar refractivity (Wildman–Crippen MR) is 147 cm³/mol. The molecule has 41 heavy (non-hydrogen) atoms. The van der Waals surface area contributed by atoms with E-state index in [9.17, 15) is 32.1 Å². The van der Waals surface area contributed by atoms with Crippen molar-refractivity contribution in [2.24, 2.45) is 0 Å². The lowest BCUT2D eigenvalue weighted by Gasteiger charge is -2.21. The van der Waals surface area contributed by atoms with Crippen molar-refractivity contribution >= 4 is 66.1 Å². The molecule has 1 fully saturated rings. The van der Waals surface area contributed by atoms with Crippen molar-refractivity contribution in [3.8, 4) is 5.75 Å². The van der Waals surface area contributed by atoms with Crippen LogP contribution >= 0.6 is 0 Å². The molecule has 3 amide bonds. The highest BCUT2D eigenvalue weighted by Gasteiger charge is 2.32. The van der Waals surface area contributed by atoms with Gasteiger partial charge >= 0.3 is 5.97 Å². The zero-order chi connectivity index (χ0) is 29.6. The van der Waals surface area contributed by atoms with Gasteiger partial charge in [0.2, 0.25) is 0 Å². The van der Waals surface area contributed by atoms with Crippen LogP contribution < -0.4 is 4.74 Å². The van der Waals surface area contributed by atoms with Crippen LogP contribution in [0.5, 0.6) is 5.75 Å². The normalized spacial score (nSPS) is 14.0. The Kier molecular flexibility index (Phi) is 7.30. The molecular weight excluding hydrogens is 552 g/mol. The lowest BCUT2D eigenvalue weighted by molar-refractivity contribution is -0.197. The number of amides is 3. The number of carbonyl (C=O) groups excluding carboxylic acids is 4. The van der Waals surface area contributed by atoms with Crippen molar-refractivity contribution in [2.45, 2.75) is 44.4 Å². The molecule has 1 aliphatic rings. The van der Waals surface area contributed by atoms with Crippen LogP contribution in [0, 0.1) is 13.8 Å².